The van der Waals surface area contributed by atoms with Crippen LogP contribution in [0.1, 0.15) is 75.2 Å². The van der Waals surface area contributed by atoms with Crippen LogP contribution in [0.5, 0.6) is 0 Å². The van der Waals surface area contributed by atoms with Gasteiger partial charge in [0.15, 0.2) is 0 Å². The van der Waals surface area contributed by atoms with E-state index in [4.69, 9.17) is 0 Å². The van der Waals surface area contributed by atoms with E-state index in [0.29, 0.717) is 6.04 Å². The molecule has 0 aromatic rings. The molecule has 0 aromatic carbocycles. The fourth-order valence-corrected chi connectivity index (χ4v) is 3.72. The van der Waals surface area contributed by atoms with E-state index < -0.39 is 11.4 Å². The molecule has 0 atom stereocenters. The van der Waals surface area contributed by atoms with E-state index in [1.807, 2.05) is 27.7 Å². The van der Waals surface area contributed by atoms with Gasteiger partial charge in [0.1, 0.15) is 11.4 Å². The number of hydrogen-bond acceptors (Lipinski definition) is 5. The Hall–Kier alpha value is -0.200. The number of rotatable bonds is 11. The fourth-order valence-electron chi connectivity index (χ4n) is 3.72. The Balaban J connectivity index is 4.30. The van der Waals surface area contributed by atoms with Crippen LogP contribution in [0.15, 0.2) is 0 Å². The van der Waals surface area contributed by atoms with Crippen LogP contribution in [0.2, 0.25) is 0 Å². The van der Waals surface area contributed by atoms with E-state index in [2.05, 4.69) is 56.4 Å². The van der Waals surface area contributed by atoms with E-state index in [0.717, 1.165) is 39.0 Å². The molecular weight excluding hydrogens is 314 g/mol. The molecule has 0 saturated heterocycles. The summed E-state index contributed by atoms with van der Waals surface area (Å²) in [6.07, 6.45) is 2.06. The van der Waals surface area contributed by atoms with E-state index in [-0.39, 0.29) is 5.54 Å². The van der Waals surface area contributed by atoms with Crippen molar-refractivity contribution in [3.63, 3.8) is 0 Å². The number of hydrogen-bond donors (Lipinski definition) is 2. The smallest absolute Gasteiger partial charge is 0.113 e. The first-order valence-electron chi connectivity index (χ1n) is 9.74. The highest BCUT2D eigenvalue weighted by molar-refractivity contribution is 4.83. The van der Waals surface area contributed by atoms with Gasteiger partial charge in [-0.3, -0.25) is 9.80 Å². The van der Waals surface area contributed by atoms with Crippen LogP contribution in [0, 0.1) is 0 Å². The minimum atomic E-state index is -0.804. The fraction of sp³-hybridized carbons (Fsp3) is 1.00. The van der Waals surface area contributed by atoms with Gasteiger partial charge >= 0.3 is 0 Å². The first-order chi connectivity index (χ1) is 11.1. The molecule has 0 fully saturated rings. The quantitative estimate of drug-likeness (QED) is 0.556. The maximum absolute atomic E-state index is 10.4. The third kappa shape index (κ3) is 9.90. The molecule has 0 spiro atoms. The van der Waals surface area contributed by atoms with Crippen LogP contribution in [0.3, 0.4) is 0 Å². The number of aliphatic hydroxyl groups is 2. The maximum Gasteiger partial charge on any atom is 0.113 e. The second kappa shape index (κ2) is 9.65. The minimum Gasteiger partial charge on any atom is -0.376 e. The van der Waals surface area contributed by atoms with Gasteiger partial charge in [-0.2, -0.15) is 0 Å². The molecule has 0 heterocycles. The Labute approximate surface area is 157 Å². The average Bonchev–Trinajstić information content (AvgIpc) is 2.34. The summed E-state index contributed by atoms with van der Waals surface area (Å²) in [6.45, 7) is 21.9. The first-order valence-corrected chi connectivity index (χ1v) is 9.74. The standard InChI is InChI=1S/C20H45N3O2/c1-17(2)22(19(6,7)24)15-11-13-21(10)14-12-16-23(18(3,4)5)20(8,9)25/h17,24-25H,11-16H2,1-10H3. The van der Waals surface area contributed by atoms with Gasteiger partial charge in [0.25, 0.3) is 0 Å². The predicted octanol–water partition coefficient (Wildman–Crippen LogP) is 2.97. The van der Waals surface area contributed by atoms with Crippen molar-refractivity contribution >= 4 is 0 Å². The molecule has 152 valence electrons. The summed E-state index contributed by atoms with van der Waals surface area (Å²) in [4.78, 5) is 6.63. The van der Waals surface area contributed by atoms with Crippen LogP contribution in [-0.2, 0) is 0 Å². The highest BCUT2D eigenvalue weighted by Gasteiger charge is 2.32. The van der Waals surface area contributed by atoms with Crippen molar-refractivity contribution in [3.8, 4) is 0 Å². The van der Waals surface area contributed by atoms with Gasteiger partial charge in [-0.15, -0.1) is 0 Å². The highest BCUT2D eigenvalue weighted by atomic mass is 16.3. The SMILES string of the molecule is CC(C)N(CCCN(C)CCCN(C(C)(C)C)C(C)(C)O)C(C)(C)O. The molecular formula is C20H45N3O2. The van der Waals surface area contributed by atoms with Crippen LogP contribution < -0.4 is 0 Å². The van der Waals surface area contributed by atoms with Gasteiger partial charge in [0.05, 0.1) is 0 Å². The maximum atomic E-state index is 10.4. The molecule has 5 nitrogen and oxygen atoms in total. The summed E-state index contributed by atoms with van der Waals surface area (Å²) >= 11 is 0. The van der Waals surface area contributed by atoms with Crippen molar-refractivity contribution in [2.45, 2.75) is 98.2 Å². The summed E-state index contributed by atoms with van der Waals surface area (Å²) in [6, 6.07) is 0.331. The lowest BCUT2D eigenvalue weighted by atomic mass is 10.0. The zero-order chi connectivity index (χ0) is 20.1. The molecule has 0 bridgehead atoms. The normalized spacial score (nSPS) is 14.4. The molecule has 0 amide bonds. The Morgan fingerprint density at radius 1 is 0.720 bits per heavy atom. The molecule has 0 saturated carbocycles. The van der Waals surface area contributed by atoms with Crippen molar-refractivity contribution in [2.75, 3.05) is 33.2 Å². The van der Waals surface area contributed by atoms with Crippen molar-refractivity contribution < 1.29 is 10.2 Å². The van der Waals surface area contributed by atoms with E-state index in [1.54, 1.807) is 0 Å². The molecule has 0 aliphatic rings. The molecule has 0 rings (SSSR count). The third-order valence-electron chi connectivity index (χ3n) is 4.66. The van der Waals surface area contributed by atoms with Crippen LogP contribution in [-0.4, -0.2) is 81.2 Å². The molecule has 0 aromatic heterocycles. The molecule has 0 aliphatic heterocycles. The van der Waals surface area contributed by atoms with Crippen molar-refractivity contribution in [1.29, 1.82) is 0 Å². The lowest BCUT2D eigenvalue weighted by Gasteiger charge is -2.44. The van der Waals surface area contributed by atoms with Crippen LogP contribution >= 0.6 is 0 Å². The van der Waals surface area contributed by atoms with Crippen molar-refractivity contribution in [3.05, 3.63) is 0 Å². The second-order valence-electron chi connectivity index (χ2n) is 9.61. The Morgan fingerprint density at radius 3 is 1.48 bits per heavy atom. The third-order valence-corrected chi connectivity index (χ3v) is 4.66. The van der Waals surface area contributed by atoms with E-state index in [9.17, 15) is 10.2 Å². The van der Waals surface area contributed by atoms with Crippen molar-refractivity contribution in [2.24, 2.45) is 0 Å². The van der Waals surface area contributed by atoms with Crippen LogP contribution in [0.4, 0.5) is 0 Å². The molecule has 0 aliphatic carbocycles. The Morgan fingerprint density at radius 2 is 1.16 bits per heavy atom. The largest absolute Gasteiger partial charge is 0.376 e. The van der Waals surface area contributed by atoms with Gasteiger partial charge < -0.3 is 15.1 Å². The average molecular weight is 360 g/mol. The first kappa shape index (κ1) is 24.8. The monoisotopic (exact) mass is 359 g/mol. The van der Waals surface area contributed by atoms with Gasteiger partial charge in [-0.1, -0.05) is 0 Å². The molecule has 5 heteroatoms. The second-order valence-corrected chi connectivity index (χ2v) is 9.61. The minimum absolute atomic E-state index is 0.0543. The topological polar surface area (TPSA) is 50.2 Å². The van der Waals surface area contributed by atoms with Gasteiger partial charge in [0, 0.05) is 24.7 Å². The summed E-state index contributed by atoms with van der Waals surface area (Å²) in [7, 11) is 2.15. The number of nitrogens with zero attached hydrogens (tertiary/aromatic N) is 3. The molecule has 0 unspecified atom stereocenters. The summed E-state index contributed by atoms with van der Waals surface area (Å²) in [5.41, 5.74) is -1.63. The van der Waals surface area contributed by atoms with Gasteiger partial charge in [-0.25, -0.2) is 0 Å². The lowest BCUT2D eigenvalue weighted by Crippen LogP contribution is -2.54. The molecule has 2 N–H and O–H groups in total. The lowest BCUT2D eigenvalue weighted by molar-refractivity contribution is -0.122. The van der Waals surface area contributed by atoms with Crippen molar-refractivity contribution in [1.82, 2.24) is 14.7 Å². The highest BCUT2D eigenvalue weighted by Crippen LogP contribution is 2.23. The van der Waals surface area contributed by atoms with E-state index in [1.165, 1.54) is 0 Å². The van der Waals surface area contributed by atoms with E-state index >= 15 is 0 Å². The van der Waals surface area contributed by atoms with Crippen LogP contribution in [0.25, 0.3) is 0 Å². The summed E-state index contributed by atoms with van der Waals surface area (Å²) in [5, 5.41) is 20.6. The zero-order valence-corrected chi connectivity index (χ0v) is 18.6. The Kier molecular flexibility index (Phi) is 9.58. The van der Waals surface area contributed by atoms with Gasteiger partial charge in [-0.05, 0) is 95.3 Å². The summed E-state index contributed by atoms with van der Waals surface area (Å²) in [5.74, 6) is 0. The predicted molar refractivity (Wildman–Crippen MR) is 108 cm³/mol. The van der Waals surface area contributed by atoms with Gasteiger partial charge in [0.2, 0.25) is 0 Å². The molecule has 25 heavy (non-hydrogen) atoms. The zero-order valence-electron chi connectivity index (χ0n) is 18.6. The summed E-state index contributed by atoms with van der Waals surface area (Å²) < 4.78 is 0. The molecule has 0 radical (unpaired) electrons. The Bertz CT molecular complexity index is 351.